The SMILES string of the molecule is c1cncc(N2c3ccccc3N(c3cc(N4c5ccccc5N(c5cccnc5)c5ccccc54)cc(C4(c5cc(N6c7ccccc7N(c7cccnc7)c7ccccc76)cc(N6c7ccccc7N(c7cccnc7)c7ccccc76)c5)c5ccccc5-c5ccccc54)c3)c3ccccc32)c1. The maximum absolute atomic E-state index is 4.70. The zero-order valence-electron chi connectivity index (χ0n) is 56.7. The summed E-state index contributed by atoms with van der Waals surface area (Å²) in [5.41, 5.74) is 29.7. The Morgan fingerprint density at radius 3 is 0.543 bits per heavy atom. The number of fused-ring (bicyclic) bond motifs is 11. The van der Waals surface area contributed by atoms with Crippen molar-refractivity contribution in [3.05, 3.63) is 399 Å². The second-order valence-electron chi connectivity index (χ2n) is 26.8. The summed E-state index contributed by atoms with van der Waals surface area (Å²) >= 11 is 0. The van der Waals surface area contributed by atoms with Crippen LogP contribution in [0.25, 0.3) is 11.1 Å². The molecule has 0 bridgehead atoms. The highest BCUT2D eigenvalue weighted by Crippen LogP contribution is 2.65. The first-order chi connectivity index (χ1) is 52.2. The molecule has 0 saturated heterocycles. The fraction of sp³-hybridized carbons (Fsp3) is 0.0108. The van der Waals surface area contributed by atoms with E-state index in [1.54, 1.807) is 0 Å². The number of nitrogens with zero attached hydrogens (tertiary/aromatic N) is 12. The molecule has 12 nitrogen and oxygen atoms in total. The lowest BCUT2D eigenvalue weighted by molar-refractivity contribution is 0.768. The molecule has 0 radical (unpaired) electrons. The zero-order valence-corrected chi connectivity index (χ0v) is 56.7. The third-order valence-corrected chi connectivity index (χ3v) is 21.2. The van der Waals surface area contributed by atoms with Gasteiger partial charge in [-0.05, 0) is 215 Å². The monoisotopic (exact) mass is 1350 g/mol. The van der Waals surface area contributed by atoms with Gasteiger partial charge in [0.15, 0.2) is 0 Å². The van der Waals surface area contributed by atoms with Crippen LogP contribution in [0.2, 0.25) is 0 Å². The largest absolute Gasteiger partial charge is 0.306 e. The van der Waals surface area contributed by atoms with Crippen LogP contribution in [-0.2, 0) is 5.41 Å². The van der Waals surface area contributed by atoms with Crippen molar-refractivity contribution in [3.8, 4) is 11.1 Å². The molecule has 105 heavy (non-hydrogen) atoms. The van der Waals surface area contributed by atoms with Crippen molar-refractivity contribution in [1.82, 2.24) is 19.9 Å². The second kappa shape index (κ2) is 23.9. The first kappa shape index (κ1) is 59.5. The van der Waals surface area contributed by atoms with Crippen LogP contribution in [0.4, 0.5) is 136 Å². The first-order valence-corrected chi connectivity index (χ1v) is 35.4. The van der Waals surface area contributed by atoms with Crippen molar-refractivity contribution >= 4 is 136 Å². The second-order valence-corrected chi connectivity index (χ2v) is 26.8. The number of pyridine rings is 4. The van der Waals surface area contributed by atoms with Crippen LogP contribution in [0.5, 0.6) is 0 Å². The number of hydrogen-bond donors (Lipinski definition) is 0. The Morgan fingerprint density at radius 1 is 0.171 bits per heavy atom. The molecule has 12 heteroatoms. The molecule has 4 aromatic heterocycles. The van der Waals surface area contributed by atoms with Gasteiger partial charge in [-0.2, -0.15) is 0 Å². The molecule has 0 amide bonds. The van der Waals surface area contributed by atoms with Crippen molar-refractivity contribution < 1.29 is 0 Å². The summed E-state index contributed by atoms with van der Waals surface area (Å²) in [6, 6.07) is 120. The van der Waals surface area contributed by atoms with E-state index >= 15 is 0 Å². The van der Waals surface area contributed by atoms with Crippen molar-refractivity contribution in [2.45, 2.75) is 5.41 Å². The fourth-order valence-electron chi connectivity index (χ4n) is 17.1. The lowest BCUT2D eigenvalue weighted by Gasteiger charge is -2.44. The minimum Gasteiger partial charge on any atom is -0.306 e. The number of anilines is 24. The maximum atomic E-state index is 4.70. The quantitative estimate of drug-likeness (QED) is 0.131. The van der Waals surface area contributed by atoms with Gasteiger partial charge in [-0.3, -0.25) is 19.9 Å². The minimum atomic E-state index is -1.07. The molecule has 0 atom stereocenters. The third kappa shape index (κ3) is 9.06. The Hall–Kier alpha value is -14.4. The molecule has 4 aliphatic heterocycles. The predicted molar refractivity (Wildman–Crippen MR) is 427 cm³/mol. The van der Waals surface area contributed by atoms with E-state index in [2.05, 4.69) is 343 Å². The molecule has 0 unspecified atom stereocenters. The highest BCUT2D eigenvalue weighted by Gasteiger charge is 2.49. The molecule has 5 aliphatic rings. The van der Waals surface area contributed by atoms with Gasteiger partial charge in [-0.1, -0.05) is 146 Å². The highest BCUT2D eigenvalue weighted by atomic mass is 15.3. The maximum Gasteiger partial charge on any atom is 0.0716 e. The topological polar surface area (TPSA) is 77.5 Å². The average molecular weight is 1350 g/mol. The zero-order chi connectivity index (χ0) is 69.1. The predicted octanol–water partition coefficient (Wildman–Crippen LogP) is 24.6. The molecular weight excluding hydrogens is 1290 g/mol. The van der Waals surface area contributed by atoms with E-state index in [4.69, 9.17) is 19.9 Å². The number of para-hydroxylation sites is 16. The van der Waals surface area contributed by atoms with Gasteiger partial charge in [0.1, 0.15) is 0 Å². The normalized spacial score (nSPS) is 13.8. The highest BCUT2D eigenvalue weighted by molar-refractivity contribution is 6.08. The van der Waals surface area contributed by atoms with E-state index in [9.17, 15) is 0 Å². The molecular formula is C93H62N12. The van der Waals surface area contributed by atoms with Crippen LogP contribution in [0.3, 0.4) is 0 Å². The lowest BCUT2D eigenvalue weighted by Crippen LogP contribution is -2.31. The van der Waals surface area contributed by atoms with Gasteiger partial charge in [0.25, 0.3) is 0 Å². The summed E-state index contributed by atoms with van der Waals surface area (Å²) in [6.45, 7) is 0. The van der Waals surface area contributed by atoms with Gasteiger partial charge in [0.2, 0.25) is 0 Å². The minimum absolute atomic E-state index is 0.965. The van der Waals surface area contributed by atoms with Gasteiger partial charge in [-0.15, -0.1) is 0 Å². The molecule has 0 spiro atoms. The van der Waals surface area contributed by atoms with Gasteiger partial charge in [-0.25, -0.2) is 0 Å². The number of aromatic nitrogens is 4. The van der Waals surface area contributed by atoms with Gasteiger partial charge < -0.3 is 39.2 Å². The summed E-state index contributed by atoms with van der Waals surface area (Å²) in [5.74, 6) is 0. The number of benzene rings is 12. The molecule has 0 fully saturated rings. The number of hydrogen-bond acceptors (Lipinski definition) is 12. The molecule has 21 rings (SSSR count). The summed E-state index contributed by atoms with van der Waals surface area (Å²) < 4.78 is 0. The lowest BCUT2D eigenvalue weighted by atomic mass is 9.67. The summed E-state index contributed by atoms with van der Waals surface area (Å²) in [4.78, 5) is 38.2. The van der Waals surface area contributed by atoms with E-state index in [0.717, 1.165) is 170 Å². The van der Waals surface area contributed by atoms with E-state index in [1.165, 1.54) is 0 Å². The molecule has 0 saturated carbocycles. The Balaban J connectivity index is 0.897. The molecule has 12 aromatic carbocycles. The summed E-state index contributed by atoms with van der Waals surface area (Å²) in [5, 5.41) is 0. The molecule has 494 valence electrons. The van der Waals surface area contributed by atoms with Crippen LogP contribution in [0.15, 0.2) is 377 Å². The summed E-state index contributed by atoms with van der Waals surface area (Å²) in [7, 11) is 0. The summed E-state index contributed by atoms with van der Waals surface area (Å²) in [6.07, 6.45) is 15.2. The smallest absolute Gasteiger partial charge is 0.0716 e. The Labute approximate surface area is 608 Å². The van der Waals surface area contributed by atoms with E-state index in [-0.39, 0.29) is 0 Å². The van der Waals surface area contributed by atoms with E-state index in [1.807, 2.05) is 73.8 Å². The van der Waals surface area contributed by atoms with Crippen molar-refractivity contribution in [2.75, 3.05) is 39.2 Å². The van der Waals surface area contributed by atoms with Crippen LogP contribution >= 0.6 is 0 Å². The van der Waals surface area contributed by atoms with Crippen molar-refractivity contribution in [2.24, 2.45) is 0 Å². The van der Waals surface area contributed by atoms with Crippen molar-refractivity contribution in [3.63, 3.8) is 0 Å². The van der Waals surface area contributed by atoms with Crippen LogP contribution in [-0.4, -0.2) is 19.9 Å². The number of rotatable bonds is 10. The van der Waals surface area contributed by atoms with Crippen LogP contribution in [0.1, 0.15) is 22.3 Å². The standard InChI is InChI=1S/C93H62N12/c1-3-31-75-73(29-1)74-30-2-4-32-76(74)93(75,63-53-69(102-85-41-13-5-33-77(85)98(65-25-21-49-94-59-65)78-34-6-14-42-86(78)102)57-70(54-63)103-87-43-15-7-35-79(87)99(66-26-22-50-95-60-66)80-36-8-16-44-88(80)103)64-55-71(104-89-45-17-9-37-81(89)100(67-27-23-51-96-61-67)82-38-10-18-46-90(82)104)58-72(56-64)105-91-47-19-11-39-83(91)101(68-28-24-52-97-62-68)84-40-12-20-48-92(84)105/h1-62H. The Bertz CT molecular complexity index is 5220. The van der Waals surface area contributed by atoms with Gasteiger partial charge in [0, 0.05) is 47.5 Å². The van der Waals surface area contributed by atoms with Crippen LogP contribution < -0.4 is 39.2 Å². The van der Waals surface area contributed by atoms with E-state index in [0.29, 0.717) is 0 Å². The average Bonchev–Trinajstić information content (AvgIpc) is 1.55. The molecule has 0 N–H and O–H groups in total. The van der Waals surface area contributed by atoms with E-state index < -0.39 is 5.41 Å². The Kier molecular flexibility index (Phi) is 13.5. The van der Waals surface area contributed by atoms with Gasteiger partial charge >= 0.3 is 0 Å². The molecule has 16 aromatic rings. The Morgan fingerprint density at radius 2 is 0.352 bits per heavy atom. The molecule has 8 heterocycles. The third-order valence-electron chi connectivity index (χ3n) is 21.2. The van der Waals surface area contributed by atoms with Crippen LogP contribution in [0, 0.1) is 0 Å². The molecule has 1 aliphatic carbocycles. The van der Waals surface area contributed by atoms with Gasteiger partial charge in [0.05, 0.1) is 144 Å². The first-order valence-electron chi connectivity index (χ1n) is 35.4. The fourth-order valence-corrected chi connectivity index (χ4v) is 17.1. The van der Waals surface area contributed by atoms with Crippen molar-refractivity contribution in [1.29, 1.82) is 0 Å².